The van der Waals surface area contributed by atoms with Crippen LogP contribution in [0, 0.1) is 5.92 Å². The second-order valence-electron chi connectivity index (χ2n) is 8.58. The van der Waals surface area contributed by atoms with Crippen molar-refractivity contribution >= 4 is 0 Å². The second kappa shape index (κ2) is 7.77. The van der Waals surface area contributed by atoms with Gasteiger partial charge in [0.15, 0.2) is 0 Å². The van der Waals surface area contributed by atoms with Gasteiger partial charge in [0.25, 0.3) is 0 Å². The van der Waals surface area contributed by atoms with Gasteiger partial charge in [0, 0.05) is 30.6 Å². The van der Waals surface area contributed by atoms with Crippen LogP contribution in [0.15, 0.2) is 12.1 Å². The summed E-state index contributed by atoms with van der Waals surface area (Å²) in [5.41, 5.74) is 1.74. The van der Waals surface area contributed by atoms with Gasteiger partial charge in [0.05, 0.1) is 6.10 Å². The summed E-state index contributed by atoms with van der Waals surface area (Å²) in [6.45, 7) is 10.0. The number of hydrogen-bond acceptors (Lipinski definition) is 4. The Labute approximate surface area is 157 Å². The molecule has 0 aromatic heterocycles. The van der Waals surface area contributed by atoms with E-state index in [0.717, 1.165) is 55.8 Å². The molecule has 4 atom stereocenters. The van der Waals surface area contributed by atoms with Gasteiger partial charge < -0.3 is 19.7 Å². The Bertz CT molecular complexity index is 625. The van der Waals surface area contributed by atoms with E-state index in [1.165, 1.54) is 0 Å². The lowest BCUT2D eigenvalue weighted by Crippen LogP contribution is -2.47. The lowest BCUT2D eigenvalue weighted by Gasteiger charge is -2.48. The topological polar surface area (TPSA) is 58.9 Å². The highest BCUT2D eigenvalue weighted by molar-refractivity contribution is 5.52. The van der Waals surface area contributed by atoms with E-state index < -0.39 is 0 Å². The summed E-state index contributed by atoms with van der Waals surface area (Å²) in [7, 11) is 0. The third-order valence-electron chi connectivity index (χ3n) is 6.30. The molecule has 1 aliphatic carbocycles. The van der Waals surface area contributed by atoms with Crippen molar-refractivity contribution < 1.29 is 19.7 Å². The molecular weight excluding hydrogens is 328 g/mol. The minimum Gasteiger partial charge on any atom is -0.508 e. The van der Waals surface area contributed by atoms with E-state index in [9.17, 15) is 10.2 Å². The lowest BCUT2D eigenvalue weighted by atomic mass is 9.65. The summed E-state index contributed by atoms with van der Waals surface area (Å²) in [6.07, 6.45) is 4.21. The molecule has 146 valence electrons. The third-order valence-corrected chi connectivity index (χ3v) is 6.30. The molecule has 0 spiro atoms. The maximum Gasteiger partial charge on any atom is 0.127 e. The van der Waals surface area contributed by atoms with E-state index in [2.05, 4.69) is 26.8 Å². The predicted octanol–water partition coefficient (Wildman–Crippen LogP) is 4.73. The number of aromatic hydroxyl groups is 1. The first kappa shape index (κ1) is 19.5. The molecule has 1 heterocycles. The van der Waals surface area contributed by atoms with Crippen molar-refractivity contribution in [2.45, 2.75) is 83.3 Å². The highest BCUT2D eigenvalue weighted by Gasteiger charge is 2.47. The Kier molecular flexibility index (Phi) is 5.83. The fraction of sp³-hybridized carbons (Fsp3) is 0.727. The first-order valence-electron chi connectivity index (χ1n) is 10.1. The van der Waals surface area contributed by atoms with E-state index in [1.54, 1.807) is 0 Å². The van der Waals surface area contributed by atoms with Crippen molar-refractivity contribution in [3.63, 3.8) is 0 Å². The van der Waals surface area contributed by atoms with Gasteiger partial charge >= 0.3 is 0 Å². The molecule has 26 heavy (non-hydrogen) atoms. The minimum atomic E-state index is -0.283. The van der Waals surface area contributed by atoms with Crippen LogP contribution in [0.2, 0.25) is 0 Å². The Hall–Kier alpha value is -1.26. The lowest BCUT2D eigenvalue weighted by molar-refractivity contribution is -0.0317. The molecule has 0 radical (unpaired) electrons. The highest BCUT2D eigenvalue weighted by atomic mass is 16.5. The number of phenols is 1. The first-order chi connectivity index (χ1) is 12.3. The predicted molar refractivity (Wildman–Crippen MR) is 103 cm³/mol. The highest BCUT2D eigenvalue weighted by Crippen LogP contribution is 2.54. The summed E-state index contributed by atoms with van der Waals surface area (Å²) >= 11 is 0. The number of fused-ring (bicyclic) bond motifs is 3. The molecule has 0 bridgehead atoms. The summed E-state index contributed by atoms with van der Waals surface area (Å²) in [6, 6.07) is 4.02. The van der Waals surface area contributed by atoms with Crippen molar-refractivity contribution in [2.75, 3.05) is 13.2 Å². The van der Waals surface area contributed by atoms with Gasteiger partial charge in [-0.25, -0.2) is 0 Å². The molecule has 4 nitrogen and oxygen atoms in total. The third kappa shape index (κ3) is 3.86. The van der Waals surface area contributed by atoms with Crippen LogP contribution in [0.5, 0.6) is 11.5 Å². The quantitative estimate of drug-likeness (QED) is 0.719. The molecule has 1 aliphatic heterocycles. The number of rotatable bonds is 6. The van der Waals surface area contributed by atoms with Gasteiger partial charge in [-0.1, -0.05) is 6.92 Å². The summed E-state index contributed by atoms with van der Waals surface area (Å²) in [4.78, 5) is 0. The smallest absolute Gasteiger partial charge is 0.127 e. The van der Waals surface area contributed by atoms with Gasteiger partial charge in [-0.2, -0.15) is 0 Å². The monoisotopic (exact) mass is 362 g/mol. The van der Waals surface area contributed by atoms with E-state index in [4.69, 9.17) is 9.47 Å². The number of benzene rings is 1. The molecule has 1 saturated carbocycles. The SMILES string of the molecule is CCOCCCC(C)c1cc(O)c2c(c1)OC(C)(C)C1CCC(O)CC21. The summed E-state index contributed by atoms with van der Waals surface area (Å²) < 4.78 is 11.8. The van der Waals surface area contributed by atoms with E-state index in [1.807, 2.05) is 13.0 Å². The number of phenolic OH excluding ortho intramolecular Hbond substituents is 1. The van der Waals surface area contributed by atoms with E-state index in [-0.39, 0.29) is 17.6 Å². The minimum absolute atomic E-state index is 0.166. The number of aliphatic hydroxyl groups is 1. The number of hydrogen-bond donors (Lipinski definition) is 2. The van der Waals surface area contributed by atoms with Gasteiger partial charge in [-0.3, -0.25) is 0 Å². The van der Waals surface area contributed by atoms with Gasteiger partial charge in [0.1, 0.15) is 17.1 Å². The van der Waals surface area contributed by atoms with E-state index in [0.29, 0.717) is 24.0 Å². The van der Waals surface area contributed by atoms with Crippen molar-refractivity contribution in [2.24, 2.45) is 5.92 Å². The largest absolute Gasteiger partial charge is 0.508 e. The Morgan fingerprint density at radius 3 is 2.81 bits per heavy atom. The fourth-order valence-electron chi connectivity index (χ4n) is 4.84. The molecule has 0 saturated heterocycles. The van der Waals surface area contributed by atoms with Crippen LogP contribution in [0.25, 0.3) is 0 Å². The van der Waals surface area contributed by atoms with Crippen LogP contribution in [0.4, 0.5) is 0 Å². The average Bonchev–Trinajstić information content (AvgIpc) is 2.57. The molecule has 4 heteroatoms. The molecule has 0 amide bonds. The molecular formula is C22H34O4. The van der Waals surface area contributed by atoms with Crippen LogP contribution in [-0.4, -0.2) is 35.1 Å². The molecule has 1 fully saturated rings. The van der Waals surface area contributed by atoms with Crippen LogP contribution < -0.4 is 4.74 Å². The first-order valence-corrected chi connectivity index (χ1v) is 10.1. The van der Waals surface area contributed by atoms with Crippen molar-refractivity contribution in [3.8, 4) is 11.5 Å². The maximum absolute atomic E-state index is 10.8. The standard InChI is InChI=1S/C22H34O4/c1-5-25-10-6-7-14(2)15-11-19(24)21-17-13-16(23)8-9-18(17)22(3,4)26-20(21)12-15/h11-12,14,16-18,23-24H,5-10,13H2,1-4H3. The molecule has 2 aliphatic rings. The zero-order valence-electron chi connectivity index (χ0n) is 16.6. The molecule has 3 rings (SSSR count). The Morgan fingerprint density at radius 2 is 2.08 bits per heavy atom. The van der Waals surface area contributed by atoms with Crippen molar-refractivity contribution in [1.82, 2.24) is 0 Å². The summed E-state index contributed by atoms with van der Waals surface area (Å²) in [5.74, 6) is 1.97. The molecule has 1 aromatic carbocycles. The van der Waals surface area contributed by atoms with Crippen molar-refractivity contribution in [1.29, 1.82) is 0 Å². The Morgan fingerprint density at radius 1 is 1.31 bits per heavy atom. The zero-order valence-corrected chi connectivity index (χ0v) is 16.6. The van der Waals surface area contributed by atoms with E-state index >= 15 is 0 Å². The van der Waals surface area contributed by atoms with Gasteiger partial charge in [0.2, 0.25) is 0 Å². The second-order valence-corrected chi connectivity index (χ2v) is 8.58. The molecule has 1 aromatic rings. The maximum atomic E-state index is 10.8. The number of ether oxygens (including phenoxy) is 2. The van der Waals surface area contributed by atoms with Crippen molar-refractivity contribution in [3.05, 3.63) is 23.3 Å². The van der Waals surface area contributed by atoms with Crippen LogP contribution in [-0.2, 0) is 4.74 Å². The van der Waals surface area contributed by atoms with Gasteiger partial charge in [-0.05, 0) is 76.5 Å². The van der Waals surface area contributed by atoms with Crippen LogP contribution in [0.3, 0.4) is 0 Å². The fourth-order valence-corrected chi connectivity index (χ4v) is 4.84. The summed E-state index contributed by atoms with van der Waals surface area (Å²) in [5, 5.41) is 21.0. The molecule has 2 N–H and O–H groups in total. The normalized spacial score (nSPS) is 28.0. The molecule has 4 unspecified atom stereocenters. The van der Waals surface area contributed by atoms with Crippen LogP contribution in [0.1, 0.15) is 82.8 Å². The van der Waals surface area contributed by atoms with Gasteiger partial charge in [-0.15, -0.1) is 0 Å². The Balaban J connectivity index is 1.85. The number of aliphatic hydroxyl groups excluding tert-OH is 1. The van der Waals surface area contributed by atoms with Crippen LogP contribution >= 0.6 is 0 Å². The zero-order chi connectivity index (χ0) is 18.9. The average molecular weight is 363 g/mol.